The van der Waals surface area contributed by atoms with Crippen LogP contribution in [0.2, 0.25) is 0 Å². The monoisotopic (exact) mass is 716 g/mol. The Bertz CT molecular complexity index is 1400. The molecule has 0 bridgehead atoms. The zero-order valence-electron chi connectivity index (χ0n) is 32.8. The number of hydrogen-bond acceptors (Lipinski definition) is 10. The molecule has 2 N–H and O–H groups in total. The van der Waals surface area contributed by atoms with E-state index in [1.807, 2.05) is 0 Å². The number of fused-ring (bicyclic) bond motifs is 4. The molecule has 4 aliphatic carbocycles. The summed E-state index contributed by atoms with van der Waals surface area (Å²) in [4.78, 5) is 49.2. The molecule has 0 aromatic rings. The second-order valence-corrected chi connectivity index (χ2v) is 17.8. The molecule has 4 rings (SSSR count). The maximum absolute atomic E-state index is 13.1. The first kappa shape index (κ1) is 41.0. The van der Waals surface area contributed by atoms with Crippen LogP contribution in [-0.2, 0) is 38.1 Å². The van der Waals surface area contributed by atoms with Gasteiger partial charge in [0.05, 0.1) is 45.4 Å². The highest BCUT2D eigenvalue weighted by Crippen LogP contribution is 2.72. The molecular weight excluding hydrogens is 652 g/mol. The Morgan fingerprint density at radius 1 is 0.902 bits per heavy atom. The number of aliphatic hydroxyl groups excluding tert-OH is 1. The van der Waals surface area contributed by atoms with Gasteiger partial charge in [0, 0.05) is 10.8 Å². The van der Waals surface area contributed by atoms with Crippen molar-refractivity contribution in [3.63, 3.8) is 0 Å². The maximum atomic E-state index is 13.1. The Morgan fingerprint density at radius 3 is 2.18 bits per heavy atom. The highest BCUT2D eigenvalue weighted by molar-refractivity contribution is 5.91. The van der Waals surface area contributed by atoms with Crippen molar-refractivity contribution in [1.29, 1.82) is 0 Å². The van der Waals surface area contributed by atoms with Crippen LogP contribution in [0.25, 0.3) is 0 Å². The lowest BCUT2D eigenvalue weighted by molar-refractivity contribution is -0.175. The second-order valence-electron chi connectivity index (χ2n) is 17.8. The van der Waals surface area contributed by atoms with Gasteiger partial charge in [0.25, 0.3) is 0 Å². The molecule has 0 saturated heterocycles. The standard InChI is InChI=1S/C41H64O10/c1-25(2)12-11-13-26(24-50-34(44)21-33(43)48-9)29-20-31(42)41(8)28-14-15-30-37(3,4)32(51-36(46)23-38(5,47)22-35(45)49-10)17-18-39(30,6)27(28)16-19-40(29,41)7/h12,26,29-32,42,47H,11,13-24H2,1-10H3. The summed E-state index contributed by atoms with van der Waals surface area (Å²) in [5.41, 5.74) is 1.41. The summed E-state index contributed by atoms with van der Waals surface area (Å²) in [5, 5.41) is 22.8. The molecule has 0 spiro atoms. The zero-order valence-corrected chi connectivity index (χ0v) is 32.8. The number of aliphatic hydroxyl groups is 2. The number of rotatable bonds is 13. The van der Waals surface area contributed by atoms with Gasteiger partial charge in [-0.05, 0) is 107 Å². The van der Waals surface area contributed by atoms with Crippen LogP contribution < -0.4 is 0 Å². The Labute approximate surface area is 305 Å². The first-order chi connectivity index (χ1) is 23.7. The summed E-state index contributed by atoms with van der Waals surface area (Å²) in [6, 6.07) is 0. The lowest BCUT2D eigenvalue weighted by atomic mass is 9.43. The van der Waals surface area contributed by atoms with Crippen LogP contribution in [0.1, 0.15) is 132 Å². The molecule has 4 aliphatic rings. The fourth-order valence-electron chi connectivity index (χ4n) is 11.1. The van der Waals surface area contributed by atoms with Crippen LogP contribution >= 0.6 is 0 Å². The highest BCUT2D eigenvalue weighted by atomic mass is 16.6. The molecule has 0 aliphatic heterocycles. The molecule has 9 unspecified atom stereocenters. The van der Waals surface area contributed by atoms with E-state index in [0.717, 1.165) is 44.9 Å². The van der Waals surface area contributed by atoms with E-state index < -0.39 is 47.4 Å². The molecule has 0 amide bonds. The van der Waals surface area contributed by atoms with E-state index in [1.165, 1.54) is 37.9 Å². The number of carbonyl (C=O) groups excluding carboxylic acids is 4. The van der Waals surface area contributed by atoms with Crippen LogP contribution in [0.5, 0.6) is 0 Å². The third-order valence-electron chi connectivity index (χ3n) is 14.0. The number of methoxy groups -OCH3 is 2. The first-order valence-corrected chi connectivity index (χ1v) is 18.9. The zero-order chi connectivity index (χ0) is 38.2. The van der Waals surface area contributed by atoms with E-state index in [0.29, 0.717) is 12.8 Å². The predicted octanol–water partition coefficient (Wildman–Crippen LogP) is 6.79. The predicted molar refractivity (Wildman–Crippen MR) is 192 cm³/mol. The average molecular weight is 717 g/mol. The summed E-state index contributed by atoms with van der Waals surface area (Å²) >= 11 is 0. The van der Waals surface area contributed by atoms with Gasteiger partial charge in [0.2, 0.25) is 0 Å². The van der Waals surface area contributed by atoms with Gasteiger partial charge in [-0.15, -0.1) is 0 Å². The topological polar surface area (TPSA) is 146 Å². The summed E-state index contributed by atoms with van der Waals surface area (Å²) in [6.07, 6.45) is 7.79. The van der Waals surface area contributed by atoms with Gasteiger partial charge in [-0.3, -0.25) is 19.2 Å². The van der Waals surface area contributed by atoms with Crippen LogP contribution in [0.15, 0.2) is 22.8 Å². The van der Waals surface area contributed by atoms with Gasteiger partial charge < -0.3 is 29.2 Å². The molecule has 0 aromatic heterocycles. The fraction of sp³-hybridized carbons (Fsp3) is 0.805. The van der Waals surface area contributed by atoms with Crippen molar-refractivity contribution in [2.45, 2.75) is 150 Å². The minimum Gasteiger partial charge on any atom is -0.469 e. The number of allylic oxidation sites excluding steroid dienone is 3. The molecule has 2 fully saturated rings. The molecule has 0 heterocycles. The van der Waals surface area contributed by atoms with E-state index in [2.05, 4.69) is 64.0 Å². The largest absolute Gasteiger partial charge is 0.469 e. The van der Waals surface area contributed by atoms with Gasteiger partial charge in [-0.2, -0.15) is 0 Å². The first-order valence-electron chi connectivity index (χ1n) is 18.9. The SMILES string of the molecule is COC(=O)CC(=O)OCC(CCC=C(C)C)C1CC(O)C2(C)C3=C(CCC12C)C1(C)CCC(OC(=O)CC(C)(O)CC(=O)OC)C(C)(C)C1CC3. The highest BCUT2D eigenvalue weighted by Gasteiger charge is 2.67. The van der Waals surface area contributed by atoms with Gasteiger partial charge >= 0.3 is 23.9 Å². The molecular formula is C41H64O10. The molecule has 10 nitrogen and oxygen atoms in total. The quantitative estimate of drug-likeness (QED) is 0.0904. The van der Waals surface area contributed by atoms with E-state index in [9.17, 15) is 29.4 Å². The number of carbonyl (C=O) groups is 4. The van der Waals surface area contributed by atoms with Crippen LogP contribution in [0.3, 0.4) is 0 Å². The third kappa shape index (κ3) is 7.97. The van der Waals surface area contributed by atoms with Crippen molar-refractivity contribution in [2.75, 3.05) is 20.8 Å². The van der Waals surface area contributed by atoms with Crippen molar-refractivity contribution < 1.29 is 48.3 Å². The summed E-state index contributed by atoms with van der Waals surface area (Å²) in [7, 11) is 2.51. The average Bonchev–Trinajstić information content (AvgIpc) is 3.24. The van der Waals surface area contributed by atoms with Crippen LogP contribution in [0, 0.1) is 39.4 Å². The lowest BCUT2D eigenvalue weighted by Crippen LogP contribution is -2.57. The molecule has 288 valence electrons. The number of ether oxygens (including phenoxy) is 4. The molecule has 0 aromatic carbocycles. The van der Waals surface area contributed by atoms with Crippen molar-refractivity contribution >= 4 is 23.9 Å². The van der Waals surface area contributed by atoms with Gasteiger partial charge in [-0.1, -0.05) is 57.4 Å². The summed E-state index contributed by atoms with van der Waals surface area (Å²) in [5.74, 6) is -1.91. The summed E-state index contributed by atoms with van der Waals surface area (Å²) in [6.45, 7) is 17.2. The van der Waals surface area contributed by atoms with Gasteiger partial charge in [-0.25, -0.2) is 0 Å². The Balaban J connectivity index is 1.58. The Hall–Kier alpha value is -2.72. The van der Waals surface area contributed by atoms with E-state index in [1.54, 1.807) is 0 Å². The van der Waals surface area contributed by atoms with Gasteiger partial charge in [0.15, 0.2) is 0 Å². The smallest absolute Gasteiger partial charge is 0.317 e. The van der Waals surface area contributed by atoms with E-state index >= 15 is 0 Å². The lowest BCUT2D eigenvalue weighted by Gasteiger charge is -2.62. The number of hydrogen-bond donors (Lipinski definition) is 2. The number of esters is 4. The molecule has 51 heavy (non-hydrogen) atoms. The van der Waals surface area contributed by atoms with Crippen molar-refractivity contribution in [3.05, 3.63) is 22.8 Å². The van der Waals surface area contributed by atoms with Gasteiger partial charge in [0.1, 0.15) is 12.5 Å². The third-order valence-corrected chi connectivity index (χ3v) is 14.0. The minimum atomic E-state index is -1.55. The Morgan fingerprint density at radius 2 is 1.55 bits per heavy atom. The van der Waals surface area contributed by atoms with E-state index in [-0.39, 0.29) is 59.6 Å². The van der Waals surface area contributed by atoms with E-state index in [4.69, 9.17) is 9.47 Å². The minimum absolute atomic E-state index is 0.0233. The van der Waals surface area contributed by atoms with Crippen molar-refractivity contribution in [3.8, 4) is 0 Å². The molecule has 10 heteroatoms. The normalized spacial score (nSPS) is 34.1. The summed E-state index contributed by atoms with van der Waals surface area (Å²) < 4.78 is 21.2. The van der Waals surface area contributed by atoms with Crippen molar-refractivity contribution in [1.82, 2.24) is 0 Å². The molecule has 0 radical (unpaired) electrons. The Kier molecular flexibility index (Phi) is 12.3. The molecule has 9 atom stereocenters. The maximum Gasteiger partial charge on any atom is 0.317 e. The fourth-order valence-corrected chi connectivity index (χ4v) is 11.1. The second kappa shape index (κ2) is 15.3. The molecule has 2 saturated carbocycles. The van der Waals surface area contributed by atoms with Crippen LogP contribution in [-0.4, -0.2) is 72.7 Å². The van der Waals surface area contributed by atoms with Crippen molar-refractivity contribution in [2.24, 2.45) is 39.4 Å². The van der Waals surface area contributed by atoms with Crippen LogP contribution in [0.4, 0.5) is 0 Å².